The lowest BCUT2D eigenvalue weighted by Gasteiger charge is -2.29. The SMILES string of the molecule is CCCNCC(C)(CCC)Cc1cncs1. The second-order valence-corrected chi connectivity index (χ2v) is 5.85. The van der Waals surface area contributed by atoms with Gasteiger partial charge in [-0.25, -0.2) is 0 Å². The molecule has 16 heavy (non-hydrogen) atoms. The van der Waals surface area contributed by atoms with Gasteiger partial charge in [0.15, 0.2) is 0 Å². The monoisotopic (exact) mass is 240 g/mol. The molecule has 1 aromatic rings. The first-order valence-electron chi connectivity index (χ1n) is 6.28. The largest absolute Gasteiger partial charge is 0.316 e. The van der Waals surface area contributed by atoms with Crippen molar-refractivity contribution in [3.63, 3.8) is 0 Å². The van der Waals surface area contributed by atoms with Crippen molar-refractivity contribution in [3.05, 3.63) is 16.6 Å². The molecule has 1 atom stereocenters. The third-order valence-corrected chi connectivity index (χ3v) is 3.70. The second kappa shape index (κ2) is 7.02. The van der Waals surface area contributed by atoms with Crippen LogP contribution in [-0.2, 0) is 6.42 Å². The van der Waals surface area contributed by atoms with Crippen LogP contribution in [0.15, 0.2) is 11.7 Å². The second-order valence-electron chi connectivity index (χ2n) is 4.88. The Morgan fingerprint density at radius 1 is 1.38 bits per heavy atom. The Balaban J connectivity index is 2.50. The van der Waals surface area contributed by atoms with Crippen molar-refractivity contribution in [1.82, 2.24) is 10.3 Å². The molecule has 0 aliphatic rings. The van der Waals surface area contributed by atoms with Crippen molar-refractivity contribution in [2.24, 2.45) is 5.41 Å². The number of nitrogens with zero attached hydrogens (tertiary/aromatic N) is 1. The van der Waals surface area contributed by atoms with Crippen LogP contribution in [0.1, 0.15) is 44.9 Å². The first kappa shape index (κ1) is 13.7. The molecule has 1 aromatic heterocycles. The summed E-state index contributed by atoms with van der Waals surface area (Å²) in [5.41, 5.74) is 2.32. The van der Waals surface area contributed by atoms with Crippen molar-refractivity contribution in [2.45, 2.75) is 46.5 Å². The molecule has 1 heterocycles. The van der Waals surface area contributed by atoms with Crippen LogP contribution in [0.25, 0.3) is 0 Å². The standard InChI is InChI=1S/C13H24N2S/c1-4-6-13(3,10-14-7-5-2)8-12-9-15-11-16-12/h9,11,14H,4-8,10H2,1-3H3. The van der Waals surface area contributed by atoms with E-state index in [2.05, 4.69) is 31.1 Å². The molecule has 0 aliphatic heterocycles. The van der Waals surface area contributed by atoms with Gasteiger partial charge in [0.2, 0.25) is 0 Å². The quantitative estimate of drug-likeness (QED) is 0.704. The van der Waals surface area contributed by atoms with Gasteiger partial charge in [0, 0.05) is 17.6 Å². The molecule has 0 amide bonds. The normalized spacial score (nSPS) is 14.9. The highest BCUT2D eigenvalue weighted by molar-refractivity contribution is 7.09. The zero-order chi connectivity index (χ0) is 11.9. The number of hydrogen-bond acceptors (Lipinski definition) is 3. The fraction of sp³-hybridized carbons (Fsp3) is 0.769. The molecular weight excluding hydrogens is 216 g/mol. The Labute approximate surface area is 103 Å². The van der Waals surface area contributed by atoms with Gasteiger partial charge in [0.05, 0.1) is 5.51 Å². The molecule has 0 fully saturated rings. The van der Waals surface area contributed by atoms with Gasteiger partial charge in [-0.3, -0.25) is 4.98 Å². The zero-order valence-corrected chi connectivity index (χ0v) is 11.6. The Morgan fingerprint density at radius 2 is 2.19 bits per heavy atom. The van der Waals surface area contributed by atoms with Crippen molar-refractivity contribution in [2.75, 3.05) is 13.1 Å². The number of aromatic nitrogens is 1. The summed E-state index contributed by atoms with van der Waals surface area (Å²) in [6.07, 6.45) is 6.91. The molecule has 0 bridgehead atoms. The van der Waals surface area contributed by atoms with E-state index in [4.69, 9.17) is 0 Å². The van der Waals surface area contributed by atoms with E-state index < -0.39 is 0 Å². The number of thiazole rings is 1. The molecule has 1 rings (SSSR count). The predicted octanol–water partition coefficient (Wildman–Crippen LogP) is 3.49. The molecule has 0 saturated heterocycles. The third-order valence-electron chi connectivity index (χ3n) is 2.92. The lowest BCUT2D eigenvalue weighted by atomic mass is 9.82. The maximum absolute atomic E-state index is 4.16. The molecule has 0 radical (unpaired) electrons. The fourth-order valence-corrected chi connectivity index (χ4v) is 2.97. The van der Waals surface area contributed by atoms with E-state index in [9.17, 15) is 0 Å². The van der Waals surface area contributed by atoms with Crippen LogP contribution in [0, 0.1) is 5.41 Å². The summed E-state index contributed by atoms with van der Waals surface area (Å²) >= 11 is 1.78. The Bertz CT molecular complexity index is 271. The minimum absolute atomic E-state index is 0.385. The smallest absolute Gasteiger partial charge is 0.0794 e. The van der Waals surface area contributed by atoms with Crippen LogP contribution >= 0.6 is 11.3 Å². The van der Waals surface area contributed by atoms with Gasteiger partial charge in [-0.15, -0.1) is 11.3 Å². The van der Waals surface area contributed by atoms with Gasteiger partial charge in [0.25, 0.3) is 0 Å². The summed E-state index contributed by atoms with van der Waals surface area (Å²) < 4.78 is 0. The first-order chi connectivity index (χ1) is 7.70. The summed E-state index contributed by atoms with van der Waals surface area (Å²) in [5.74, 6) is 0. The van der Waals surface area contributed by atoms with Gasteiger partial charge in [-0.2, -0.15) is 0 Å². The van der Waals surface area contributed by atoms with Crippen LogP contribution in [0.3, 0.4) is 0 Å². The van der Waals surface area contributed by atoms with E-state index in [0.717, 1.165) is 19.5 Å². The van der Waals surface area contributed by atoms with Gasteiger partial charge >= 0.3 is 0 Å². The van der Waals surface area contributed by atoms with E-state index in [1.807, 2.05) is 11.7 Å². The molecule has 0 aromatic carbocycles. The van der Waals surface area contributed by atoms with Gasteiger partial charge in [-0.1, -0.05) is 27.2 Å². The number of nitrogens with one attached hydrogen (secondary N) is 1. The van der Waals surface area contributed by atoms with E-state index in [0.29, 0.717) is 5.41 Å². The van der Waals surface area contributed by atoms with Gasteiger partial charge in [-0.05, 0) is 31.2 Å². The molecule has 2 nitrogen and oxygen atoms in total. The highest BCUT2D eigenvalue weighted by Crippen LogP contribution is 2.28. The Hall–Kier alpha value is -0.410. The van der Waals surface area contributed by atoms with Gasteiger partial charge < -0.3 is 5.32 Å². The average Bonchev–Trinajstić information content (AvgIpc) is 2.71. The number of hydrogen-bond donors (Lipinski definition) is 1. The lowest BCUT2D eigenvalue weighted by Crippen LogP contribution is -2.33. The minimum atomic E-state index is 0.385. The van der Waals surface area contributed by atoms with E-state index in [1.165, 1.54) is 24.1 Å². The van der Waals surface area contributed by atoms with Crippen molar-refractivity contribution < 1.29 is 0 Å². The summed E-state index contributed by atoms with van der Waals surface area (Å²) in [7, 11) is 0. The maximum Gasteiger partial charge on any atom is 0.0794 e. The maximum atomic E-state index is 4.16. The zero-order valence-electron chi connectivity index (χ0n) is 10.8. The van der Waals surface area contributed by atoms with Crippen LogP contribution < -0.4 is 5.32 Å². The van der Waals surface area contributed by atoms with Gasteiger partial charge in [0.1, 0.15) is 0 Å². The minimum Gasteiger partial charge on any atom is -0.316 e. The molecule has 0 saturated carbocycles. The Kier molecular flexibility index (Phi) is 5.99. The Morgan fingerprint density at radius 3 is 2.75 bits per heavy atom. The summed E-state index contributed by atoms with van der Waals surface area (Å²) in [6.45, 7) is 9.12. The van der Waals surface area contributed by atoms with E-state index >= 15 is 0 Å². The topological polar surface area (TPSA) is 24.9 Å². The van der Waals surface area contributed by atoms with Crippen LogP contribution in [0.4, 0.5) is 0 Å². The molecule has 0 aliphatic carbocycles. The van der Waals surface area contributed by atoms with E-state index in [-0.39, 0.29) is 0 Å². The van der Waals surface area contributed by atoms with Crippen molar-refractivity contribution >= 4 is 11.3 Å². The summed E-state index contributed by atoms with van der Waals surface area (Å²) in [6, 6.07) is 0. The average molecular weight is 240 g/mol. The van der Waals surface area contributed by atoms with E-state index in [1.54, 1.807) is 11.3 Å². The highest BCUT2D eigenvalue weighted by atomic mass is 32.1. The van der Waals surface area contributed by atoms with Crippen molar-refractivity contribution in [3.8, 4) is 0 Å². The van der Waals surface area contributed by atoms with Crippen LogP contribution in [0.2, 0.25) is 0 Å². The molecule has 92 valence electrons. The van der Waals surface area contributed by atoms with Crippen molar-refractivity contribution in [1.29, 1.82) is 0 Å². The molecule has 1 unspecified atom stereocenters. The first-order valence-corrected chi connectivity index (χ1v) is 7.16. The summed E-state index contributed by atoms with van der Waals surface area (Å²) in [4.78, 5) is 5.57. The lowest BCUT2D eigenvalue weighted by molar-refractivity contribution is 0.277. The van der Waals surface area contributed by atoms with Crippen LogP contribution in [0.5, 0.6) is 0 Å². The molecular formula is C13H24N2S. The molecule has 1 N–H and O–H groups in total. The third kappa shape index (κ3) is 4.62. The predicted molar refractivity (Wildman–Crippen MR) is 72.0 cm³/mol. The highest BCUT2D eigenvalue weighted by Gasteiger charge is 2.23. The molecule has 0 spiro atoms. The number of rotatable bonds is 8. The fourth-order valence-electron chi connectivity index (χ4n) is 2.16. The summed E-state index contributed by atoms with van der Waals surface area (Å²) in [5, 5.41) is 3.56. The molecule has 3 heteroatoms. The van der Waals surface area contributed by atoms with Crippen LogP contribution in [-0.4, -0.2) is 18.1 Å².